The van der Waals surface area contributed by atoms with Crippen molar-refractivity contribution in [2.45, 2.75) is 26.3 Å². The van der Waals surface area contributed by atoms with E-state index in [1.54, 1.807) is 7.11 Å². The summed E-state index contributed by atoms with van der Waals surface area (Å²) < 4.78 is 5.18. The molecule has 0 aliphatic rings. The molecule has 1 atom stereocenters. The molecule has 2 heteroatoms. The highest BCUT2D eigenvalue weighted by atomic mass is 16.5. The molecule has 1 rings (SSSR count). The monoisotopic (exact) mass is 193 g/mol. The average molecular weight is 193 g/mol. The number of hydrogen-bond acceptors (Lipinski definition) is 2. The molecule has 0 aliphatic carbocycles. The van der Waals surface area contributed by atoms with Gasteiger partial charge in [-0.1, -0.05) is 19.1 Å². The fourth-order valence-corrected chi connectivity index (χ4v) is 1.39. The number of rotatable bonds is 5. The lowest BCUT2D eigenvalue weighted by molar-refractivity contribution is 0.413. The quantitative estimate of drug-likeness (QED) is 0.776. The molecule has 0 heterocycles. The molecule has 0 radical (unpaired) electrons. The lowest BCUT2D eigenvalue weighted by Gasteiger charge is -2.14. The highest BCUT2D eigenvalue weighted by Gasteiger charge is 2.04. The third-order valence-corrected chi connectivity index (χ3v) is 2.29. The van der Waals surface area contributed by atoms with Crippen LogP contribution in [0, 0.1) is 0 Å². The van der Waals surface area contributed by atoms with Gasteiger partial charge in [0, 0.05) is 6.04 Å². The van der Waals surface area contributed by atoms with Crippen LogP contribution in [0.5, 0.6) is 5.75 Å². The van der Waals surface area contributed by atoms with E-state index in [4.69, 9.17) is 4.74 Å². The van der Waals surface area contributed by atoms with Crippen LogP contribution < -0.4 is 10.1 Å². The topological polar surface area (TPSA) is 21.3 Å². The van der Waals surface area contributed by atoms with Crippen molar-refractivity contribution < 1.29 is 4.74 Å². The van der Waals surface area contributed by atoms with E-state index in [-0.39, 0.29) is 0 Å². The van der Waals surface area contributed by atoms with Gasteiger partial charge in [-0.05, 0) is 37.6 Å². The normalized spacial score (nSPS) is 12.5. The zero-order valence-corrected chi connectivity index (χ0v) is 9.21. The van der Waals surface area contributed by atoms with Gasteiger partial charge < -0.3 is 10.1 Å². The molecule has 0 saturated heterocycles. The minimum Gasteiger partial charge on any atom is -0.497 e. The molecular weight excluding hydrogens is 174 g/mol. The van der Waals surface area contributed by atoms with Crippen molar-refractivity contribution in [1.29, 1.82) is 0 Å². The Morgan fingerprint density at radius 1 is 1.43 bits per heavy atom. The molecule has 1 unspecified atom stereocenters. The van der Waals surface area contributed by atoms with Gasteiger partial charge >= 0.3 is 0 Å². The van der Waals surface area contributed by atoms with E-state index in [2.05, 4.69) is 31.3 Å². The fourth-order valence-electron chi connectivity index (χ4n) is 1.39. The summed E-state index contributed by atoms with van der Waals surface area (Å²) in [6.45, 7) is 5.40. The second-order valence-corrected chi connectivity index (χ2v) is 3.45. The van der Waals surface area contributed by atoms with Gasteiger partial charge in [-0.25, -0.2) is 0 Å². The highest BCUT2D eigenvalue weighted by Crippen LogP contribution is 2.18. The van der Waals surface area contributed by atoms with E-state index < -0.39 is 0 Å². The molecule has 1 aromatic rings. The lowest BCUT2D eigenvalue weighted by atomic mass is 10.1. The van der Waals surface area contributed by atoms with E-state index in [0.29, 0.717) is 6.04 Å². The van der Waals surface area contributed by atoms with Crippen LogP contribution in [0.1, 0.15) is 31.9 Å². The summed E-state index contributed by atoms with van der Waals surface area (Å²) in [5.74, 6) is 0.924. The molecule has 14 heavy (non-hydrogen) atoms. The molecular formula is C12H19NO. The maximum absolute atomic E-state index is 5.18. The third-order valence-electron chi connectivity index (χ3n) is 2.29. The van der Waals surface area contributed by atoms with Crippen LogP contribution in [0.2, 0.25) is 0 Å². The van der Waals surface area contributed by atoms with Crippen molar-refractivity contribution in [2.24, 2.45) is 0 Å². The van der Waals surface area contributed by atoms with Crippen LogP contribution in [0.15, 0.2) is 24.3 Å². The van der Waals surface area contributed by atoms with Gasteiger partial charge in [0.2, 0.25) is 0 Å². The van der Waals surface area contributed by atoms with Crippen molar-refractivity contribution in [1.82, 2.24) is 5.32 Å². The molecule has 0 aliphatic heterocycles. The van der Waals surface area contributed by atoms with Crippen LogP contribution in [0.25, 0.3) is 0 Å². The Morgan fingerprint density at radius 3 is 2.86 bits per heavy atom. The minimum atomic E-state index is 0.394. The summed E-state index contributed by atoms with van der Waals surface area (Å²) in [5.41, 5.74) is 1.28. The average Bonchev–Trinajstić information content (AvgIpc) is 2.26. The molecule has 0 aromatic heterocycles. The van der Waals surface area contributed by atoms with Gasteiger partial charge in [0.1, 0.15) is 5.75 Å². The summed E-state index contributed by atoms with van der Waals surface area (Å²) in [6, 6.07) is 8.59. The first-order valence-corrected chi connectivity index (χ1v) is 5.15. The molecule has 1 aromatic carbocycles. The van der Waals surface area contributed by atoms with Gasteiger partial charge in [-0.2, -0.15) is 0 Å². The maximum Gasteiger partial charge on any atom is 0.119 e. The SMILES string of the molecule is CCCNC(C)c1cccc(OC)c1. The zero-order chi connectivity index (χ0) is 10.4. The predicted octanol–water partition coefficient (Wildman–Crippen LogP) is 2.76. The van der Waals surface area contributed by atoms with Crippen molar-refractivity contribution in [3.8, 4) is 5.75 Å². The van der Waals surface area contributed by atoms with E-state index in [1.165, 1.54) is 5.56 Å². The zero-order valence-electron chi connectivity index (χ0n) is 9.21. The van der Waals surface area contributed by atoms with Gasteiger partial charge in [-0.3, -0.25) is 0 Å². The van der Waals surface area contributed by atoms with Crippen molar-refractivity contribution >= 4 is 0 Å². The molecule has 0 bridgehead atoms. The summed E-state index contributed by atoms with van der Waals surface area (Å²) in [4.78, 5) is 0. The molecule has 0 spiro atoms. The van der Waals surface area contributed by atoms with Gasteiger partial charge in [0.05, 0.1) is 7.11 Å². The summed E-state index contributed by atoms with van der Waals surface area (Å²) in [7, 11) is 1.70. The van der Waals surface area contributed by atoms with Crippen molar-refractivity contribution in [2.75, 3.05) is 13.7 Å². The predicted molar refractivity (Wildman–Crippen MR) is 59.7 cm³/mol. The second kappa shape index (κ2) is 5.66. The van der Waals surface area contributed by atoms with Crippen LogP contribution >= 0.6 is 0 Å². The van der Waals surface area contributed by atoms with Crippen LogP contribution in [0.4, 0.5) is 0 Å². The number of ether oxygens (including phenoxy) is 1. The molecule has 0 saturated carbocycles. The standard InChI is InChI=1S/C12H19NO/c1-4-8-13-10(2)11-6-5-7-12(9-11)14-3/h5-7,9-10,13H,4,8H2,1-3H3. The molecule has 78 valence electrons. The number of benzene rings is 1. The lowest BCUT2D eigenvalue weighted by Crippen LogP contribution is -2.19. The van der Waals surface area contributed by atoms with Crippen molar-refractivity contribution in [3.05, 3.63) is 29.8 Å². The van der Waals surface area contributed by atoms with Crippen LogP contribution in [0.3, 0.4) is 0 Å². The fraction of sp³-hybridized carbons (Fsp3) is 0.500. The molecule has 0 fully saturated rings. The van der Waals surface area contributed by atoms with Crippen molar-refractivity contribution in [3.63, 3.8) is 0 Å². The minimum absolute atomic E-state index is 0.394. The molecule has 2 nitrogen and oxygen atoms in total. The van der Waals surface area contributed by atoms with E-state index in [1.807, 2.05) is 12.1 Å². The van der Waals surface area contributed by atoms with E-state index in [0.717, 1.165) is 18.7 Å². The number of nitrogens with one attached hydrogen (secondary N) is 1. The largest absolute Gasteiger partial charge is 0.497 e. The first kappa shape index (κ1) is 11.1. The Balaban J connectivity index is 2.64. The van der Waals surface area contributed by atoms with E-state index >= 15 is 0 Å². The van der Waals surface area contributed by atoms with E-state index in [9.17, 15) is 0 Å². The summed E-state index contributed by atoms with van der Waals surface area (Å²) in [5, 5.41) is 3.44. The first-order valence-electron chi connectivity index (χ1n) is 5.15. The number of hydrogen-bond donors (Lipinski definition) is 1. The molecule has 0 amide bonds. The Bertz CT molecular complexity index is 273. The van der Waals surface area contributed by atoms with Crippen LogP contribution in [-0.2, 0) is 0 Å². The number of methoxy groups -OCH3 is 1. The van der Waals surface area contributed by atoms with Gasteiger partial charge in [-0.15, -0.1) is 0 Å². The third kappa shape index (κ3) is 3.04. The maximum atomic E-state index is 5.18. The Labute approximate surface area is 86.3 Å². The Kier molecular flexibility index (Phi) is 4.47. The Hall–Kier alpha value is -1.02. The molecule has 1 N–H and O–H groups in total. The smallest absolute Gasteiger partial charge is 0.119 e. The highest BCUT2D eigenvalue weighted by molar-refractivity contribution is 5.30. The van der Waals surface area contributed by atoms with Gasteiger partial charge in [0.25, 0.3) is 0 Å². The Morgan fingerprint density at radius 2 is 2.21 bits per heavy atom. The van der Waals surface area contributed by atoms with Gasteiger partial charge in [0.15, 0.2) is 0 Å². The van der Waals surface area contributed by atoms with Crippen LogP contribution in [-0.4, -0.2) is 13.7 Å². The second-order valence-electron chi connectivity index (χ2n) is 3.45. The summed E-state index contributed by atoms with van der Waals surface area (Å²) in [6.07, 6.45) is 1.16. The first-order chi connectivity index (χ1) is 6.77. The summed E-state index contributed by atoms with van der Waals surface area (Å²) >= 11 is 0.